The fraction of sp³-hybridized carbons (Fsp3) is 0.318. The van der Waals surface area contributed by atoms with Crippen LogP contribution in [0.25, 0.3) is 0 Å². The first kappa shape index (κ1) is 26.8. The number of ether oxygens (including phenoxy) is 3. The number of piperazine rings is 1. The lowest BCUT2D eigenvalue weighted by atomic mass is 10.2. The summed E-state index contributed by atoms with van der Waals surface area (Å²) in [7, 11) is -2.98. The van der Waals surface area contributed by atoms with E-state index in [4.69, 9.17) is 25.4 Å². The molecule has 1 fully saturated rings. The van der Waals surface area contributed by atoms with Crippen molar-refractivity contribution >= 4 is 22.1 Å². The molecule has 192 valence electrons. The monoisotopic (exact) mass is 522 g/mol. The smallest absolute Gasteiger partial charge is 0.409 e. The number of rotatable bonds is 8. The molecule has 3 rings (SSSR count). The minimum atomic E-state index is -4.41. The second kappa shape index (κ2) is 11.8. The molecule has 36 heavy (non-hydrogen) atoms. The van der Waals surface area contributed by atoms with Gasteiger partial charge in [0.25, 0.3) is 0 Å². The molecule has 0 saturated carbocycles. The maximum atomic E-state index is 14.8. The van der Waals surface area contributed by atoms with E-state index in [0.717, 1.165) is 27.4 Å². The van der Waals surface area contributed by atoms with Crippen LogP contribution in [0.3, 0.4) is 0 Å². The quantitative estimate of drug-likeness (QED) is 0.396. The Morgan fingerprint density at radius 1 is 1.17 bits per heavy atom. The van der Waals surface area contributed by atoms with Crippen molar-refractivity contribution < 1.29 is 41.4 Å². The highest BCUT2D eigenvalue weighted by Gasteiger charge is 2.43. The molecule has 1 heterocycles. The van der Waals surface area contributed by atoms with E-state index in [1.165, 1.54) is 31.4 Å². The first-order valence-electron chi connectivity index (χ1n) is 10.5. The van der Waals surface area contributed by atoms with E-state index in [1.807, 2.05) is 6.07 Å². The Balaban J connectivity index is 1.80. The highest BCUT2D eigenvalue weighted by molar-refractivity contribution is 7.89. The molecule has 2 aromatic rings. The number of amides is 1. The van der Waals surface area contributed by atoms with Crippen LogP contribution in [-0.4, -0.2) is 75.7 Å². The number of benzene rings is 2. The van der Waals surface area contributed by atoms with E-state index in [1.54, 1.807) is 0 Å². The predicted molar refractivity (Wildman–Crippen MR) is 120 cm³/mol. The standard InChI is InChI=1S/C22H23FN4O8S/c1-32-10-11-33-22(29)26-8-9-27(19(14-26)21(28)35-25)36(30,31)17-6-7-20(18(23)12-17)34-16-4-2-15(13-24)3-5-16/h2-7,12,19H,8-11,14,25H2,1H3/t19-/m1/s1. The Kier molecular flexibility index (Phi) is 8.78. The van der Waals surface area contributed by atoms with E-state index < -0.39 is 38.8 Å². The van der Waals surface area contributed by atoms with Gasteiger partial charge in [0.05, 0.1) is 29.7 Å². The largest absolute Gasteiger partial charge is 0.454 e. The van der Waals surface area contributed by atoms with Crippen molar-refractivity contribution in [2.75, 3.05) is 40.0 Å². The van der Waals surface area contributed by atoms with Crippen molar-refractivity contribution in [2.24, 2.45) is 5.90 Å². The van der Waals surface area contributed by atoms with Gasteiger partial charge in [-0.3, -0.25) is 0 Å². The molecule has 1 atom stereocenters. The fourth-order valence-electron chi connectivity index (χ4n) is 3.38. The Labute approximate surface area is 206 Å². The number of carbonyl (C=O) groups is 2. The zero-order valence-corrected chi connectivity index (χ0v) is 19.9. The minimum absolute atomic E-state index is 0.0317. The van der Waals surface area contributed by atoms with Crippen molar-refractivity contribution in [1.82, 2.24) is 9.21 Å². The molecule has 12 nitrogen and oxygen atoms in total. The number of hydrogen-bond donors (Lipinski definition) is 1. The zero-order chi connectivity index (χ0) is 26.3. The maximum Gasteiger partial charge on any atom is 0.409 e. The van der Waals surface area contributed by atoms with Gasteiger partial charge < -0.3 is 23.9 Å². The van der Waals surface area contributed by atoms with Gasteiger partial charge in [0.15, 0.2) is 11.6 Å². The molecule has 1 saturated heterocycles. The number of nitrogens with two attached hydrogens (primary N) is 1. The van der Waals surface area contributed by atoms with Gasteiger partial charge in [-0.1, -0.05) is 0 Å². The lowest BCUT2D eigenvalue weighted by Gasteiger charge is -2.38. The highest BCUT2D eigenvalue weighted by Crippen LogP contribution is 2.29. The van der Waals surface area contributed by atoms with Crippen LogP contribution < -0.4 is 10.6 Å². The van der Waals surface area contributed by atoms with Crippen molar-refractivity contribution in [2.45, 2.75) is 10.9 Å². The maximum absolute atomic E-state index is 14.8. The second-order valence-electron chi connectivity index (χ2n) is 7.45. The average Bonchev–Trinajstić information content (AvgIpc) is 2.89. The van der Waals surface area contributed by atoms with Crippen molar-refractivity contribution in [3.63, 3.8) is 0 Å². The van der Waals surface area contributed by atoms with Gasteiger partial charge in [-0.15, -0.1) is 0 Å². The van der Waals surface area contributed by atoms with Gasteiger partial charge in [0.1, 0.15) is 18.4 Å². The van der Waals surface area contributed by atoms with E-state index in [2.05, 4.69) is 4.84 Å². The van der Waals surface area contributed by atoms with Crippen LogP contribution >= 0.6 is 0 Å². The molecule has 0 spiro atoms. The second-order valence-corrected chi connectivity index (χ2v) is 9.34. The van der Waals surface area contributed by atoms with Crippen LogP contribution in [-0.2, 0) is 29.1 Å². The molecule has 1 aliphatic rings. The van der Waals surface area contributed by atoms with Crippen LogP contribution in [0.15, 0.2) is 47.4 Å². The summed E-state index contributed by atoms with van der Waals surface area (Å²) < 4.78 is 57.4. The molecule has 1 aliphatic heterocycles. The SMILES string of the molecule is COCCOC(=O)N1CCN(S(=O)(=O)c2ccc(Oc3ccc(C#N)cc3)c(F)c2)[C@@H](C(=O)ON)C1. The van der Waals surface area contributed by atoms with E-state index >= 15 is 0 Å². The van der Waals surface area contributed by atoms with E-state index in [9.17, 15) is 22.4 Å². The fourth-order valence-corrected chi connectivity index (χ4v) is 4.95. The van der Waals surface area contributed by atoms with Gasteiger partial charge in [-0.2, -0.15) is 15.5 Å². The average molecular weight is 523 g/mol. The zero-order valence-electron chi connectivity index (χ0n) is 19.1. The third-order valence-corrected chi connectivity index (χ3v) is 7.12. The van der Waals surface area contributed by atoms with Crippen LogP contribution in [0.4, 0.5) is 9.18 Å². The summed E-state index contributed by atoms with van der Waals surface area (Å²) in [5, 5.41) is 8.85. The summed E-state index contributed by atoms with van der Waals surface area (Å²) in [6, 6.07) is 9.35. The van der Waals surface area contributed by atoms with Crippen LogP contribution in [0.5, 0.6) is 11.5 Å². The van der Waals surface area contributed by atoms with Gasteiger partial charge in [-0.05, 0) is 42.5 Å². The Hall–Kier alpha value is -3.77. The lowest BCUT2D eigenvalue weighted by molar-refractivity contribution is -0.150. The first-order chi connectivity index (χ1) is 17.2. The van der Waals surface area contributed by atoms with Gasteiger partial charge in [0.2, 0.25) is 10.0 Å². The van der Waals surface area contributed by atoms with Crippen LogP contribution in [0.2, 0.25) is 0 Å². The Morgan fingerprint density at radius 3 is 2.50 bits per heavy atom. The lowest BCUT2D eigenvalue weighted by Crippen LogP contribution is -2.60. The molecule has 0 bridgehead atoms. The molecule has 0 unspecified atom stereocenters. The molecule has 0 aliphatic carbocycles. The first-order valence-corrected chi connectivity index (χ1v) is 12.0. The summed E-state index contributed by atoms with van der Waals surface area (Å²) in [6.45, 7) is -0.654. The summed E-state index contributed by atoms with van der Waals surface area (Å²) in [4.78, 5) is 29.5. The van der Waals surface area contributed by atoms with E-state index in [-0.39, 0.29) is 44.3 Å². The van der Waals surface area contributed by atoms with Crippen LogP contribution in [0, 0.1) is 17.1 Å². The number of methoxy groups -OCH3 is 1. The molecule has 1 amide bonds. The summed E-state index contributed by atoms with van der Waals surface area (Å²) in [6.07, 6.45) is -0.769. The third-order valence-electron chi connectivity index (χ3n) is 5.21. The predicted octanol–water partition coefficient (Wildman–Crippen LogP) is 1.36. The summed E-state index contributed by atoms with van der Waals surface area (Å²) >= 11 is 0. The number of hydrogen-bond acceptors (Lipinski definition) is 10. The normalized spacial score (nSPS) is 16.2. The Bertz CT molecular complexity index is 1250. The number of halogens is 1. The number of carbonyl (C=O) groups excluding carboxylic acids is 2. The molecule has 0 radical (unpaired) electrons. The molecular weight excluding hydrogens is 499 g/mol. The van der Waals surface area contributed by atoms with Gasteiger partial charge >= 0.3 is 12.1 Å². The topological polar surface area (TPSA) is 161 Å². The molecule has 2 aromatic carbocycles. The molecule has 0 aromatic heterocycles. The van der Waals surface area contributed by atoms with E-state index in [0.29, 0.717) is 5.56 Å². The van der Waals surface area contributed by atoms with Crippen molar-refractivity contribution in [1.29, 1.82) is 5.26 Å². The Morgan fingerprint density at radius 2 is 1.89 bits per heavy atom. The number of sulfonamides is 1. The number of nitrogens with zero attached hydrogens (tertiary/aromatic N) is 3. The summed E-state index contributed by atoms with van der Waals surface area (Å²) in [5.74, 6) is 2.90. The summed E-state index contributed by atoms with van der Waals surface area (Å²) in [5.41, 5.74) is 0.387. The van der Waals surface area contributed by atoms with Crippen molar-refractivity contribution in [3.05, 3.63) is 53.8 Å². The molecule has 2 N–H and O–H groups in total. The van der Waals surface area contributed by atoms with Crippen LogP contribution in [0.1, 0.15) is 5.56 Å². The number of nitriles is 1. The highest BCUT2D eigenvalue weighted by atomic mass is 32.2. The van der Waals surface area contributed by atoms with Crippen molar-refractivity contribution in [3.8, 4) is 17.6 Å². The molecule has 14 heteroatoms. The third kappa shape index (κ3) is 6.07. The van der Waals surface area contributed by atoms with Gasteiger partial charge in [-0.25, -0.2) is 22.4 Å². The van der Waals surface area contributed by atoms with Gasteiger partial charge in [0, 0.05) is 20.2 Å². The molecular formula is C22H23FN4O8S. The minimum Gasteiger partial charge on any atom is -0.454 e.